The molecule has 1 N–H and O–H groups in total. The van der Waals surface area contributed by atoms with Crippen LogP contribution in [0.1, 0.15) is 22.9 Å². The monoisotopic (exact) mass is 472 g/mol. The summed E-state index contributed by atoms with van der Waals surface area (Å²) in [7, 11) is 0. The predicted molar refractivity (Wildman–Crippen MR) is 134 cm³/mol. The van der Waals surface area contributed by atoms with Crippen LogP contribution in [0.3, 0.4) is 0 Å². The number of anilines is 1. The second kappa shape index (κ2) is 10.4. The Morgan fingerprint density at radius 1 is 0.912 bits per heavy atom. The number of carbonyl (C=O) groups is 2. The van der Waals surface area contributed by atoms with Crippen LogP contribution >= 0.6 is 11.3 Å². The first kappa shape index (κ1) is 23.4. The Bertz CT molecular complexity index is 1250. The molecule has 1 heterocycles. The van der Waals surface area contributed by atoms with Crippen LogP contribution in [0.15, 0.2) is 102 Å². The van der Waals surface area contributed by atoms with Crippen molar-refractivity contribution in [2.24, 2.45) is 0 Å². The number of benzene rings is 3. The van der Waals surface area contributed by atoms with E-state index in [0.29, 0.717) is 11.3 Å². The summed E-state index contributed by atoms with van der Waals surface area (Å²) in [5, 5.41) is 4.88. The molecular formula is C28H25FN2O2S. The lowest BCUT2D eigenvalue weighted by molar-refractivity contribution is -0.130. The van der Waals surface area contributed by atoms with Gasteiger partial charge in [-0.1, -0.05) is 66.7 Å². The number of hydrogen-bond donors (Lipinski definition) is 1. The third-order valence-electron chi connectivity index (χ3n) is 5.74. The van der Waals surface area contributed by atoms with Gasteiger partial charge >= 0.3 is 0 Å². The number of nitrogens with one attached hydrogen (secondary N) is 1. The second-order valence-electron chi connectivity index (χ2n) is 8.07. The van der Waals surface area contributed by atoms with Gasteiger partial charge in [-0.15, -0.1) is 11.3 Å². The molecule has 34 heavy (non-hydrogen) atoms. The van der Waals surface area contributed by atoms with E-state index in [2.05, 4.69) is 5.32 Å². The SMILES string of the molecule is CC(C(=O)NCc1ccccc1)(c1cccc(F)c1)N(C(=O)Cc1cccs1)c1ccccc1. The maximum Gasteiger partial charge on any atom is 0.250 e. The molecule has 4 nitrogen and oxygen atoms in total. The largest absolute Gasteiger partial charge is 0.350 e. The highest BCUT2D eigenvalue weighted by Crippen LogP contribution is 2.35. The van der Waals surface area contributed by atoms with Crippen LogP contribution in [0.25, 0.3) is 0 Å². The van der Waals surface area contributed by atoms with E-state index in [0.717, 1.165) is 10.4 Å². The summed E-state index contributed by atoms with van der Waals surface area (Å²) in [5.74, 6) is -1.13. The molecule has 0 bridgehead atoms. The number of carbonyl (C=O) groups excluding carboxylic acids is 2. The fourth-order valence-electron chi connectivity index (χ4n) is 3.97. The highest BCUT2D eigenvalue weighted by atomic mass is 32.1. The summed E-state index contributed by atoms with van der Waals surface area (Å²) in [6, 6.07) is 28.2. The van der Waals surface area contributed by atoms with E-state index in [1.54, 1.807) is 31.2 Å². The van der Waals surface area contributed by atoms with Gasteiger partial charge in [-0.3, -0.25) is 14.5 Å². The fourth-order valence-corrected chi connectivity index (χ4v) is 4.67. The summed E-state index contributed by atoms with van der Waals surface area (Å²) in [5.41, 5.74) is 0.382. The van der Waals surface area contributed by atoms with Gasteiger partial charge in [-0.25, -0.2) is 4.39 Å². The Hall–Kier alpha value is -3.77. The van der Waals surface area contributed by atoms with Gasteiger partial charge in [0.15, 0.2) is 0 Å². The molecule has 3 aromatic carbocycles. The fraction of sp³-hybridized carbons (Fsp3) is 0.143. The van der Waals surface area contributed by atoms with Crippen molar-refractivity contribution in [2.75, 3.05) is 4.90 Å². The number of rotatable bonds is 8. The molecule has 6 heteroatoms. The van der Waals surface area contributed by atoms with Crippen LogP contribution in [-0.4, -0.2) is 11.8 Å². The van der Waals surface area contributed by atoms with E-state index in [1.807, 2.05) is 66.0 Å². The molecule has 1 aromatic heterocycles. The highest BCUT2D eigenvalue weighted by molar-refractivity contribution is 7.10. The number of nitrogens with zero attached hydrogens (tertiary/aromatic N) is 1. The van der Waals surface area contributed by atoms with Gasteiger partial charge in [-0.05, 0) is 53.8 Å². The summed E-state index contributed by atoms with van der Waals surface area (Å²) >= 11 is 1.48. The summed E-state index contributed by atoms with van der Waals surface area (Å²) in [6.45, 7) is 1.95. The molecule has 0 fully saturated rings. The van der Waals surface area contributed by atoms with Crippen LogP contribution in [0.4, 0.5) is 10.1 Å². The molecule has 4 rings (SSSR count). The minimum Gasteiger partial charge on any atom is -0.350 e. The molecule has 0 spiro atoms. The Kier molecular flexibility index (Phi) is 7.18. The molecular weight excluding hydrogens is 447 g/mol. The Balaban J connectivity index is 1.79. The number of hydrogen-bond acceptors (Lipinski definition) is 3. The van der Waals surface area contributed by atoms with Crippen molar-refractivity contribution in [1.29, 1.82) is 0 Å². The summed E-state index contributed by atoms with van der Waals surface area (Å²) < 4.78 is 14.4. The molecule has 0 aliphatic carbocycles. The Morgan fingerprint density at radius 3 is 2.26 bits per heavy atom. The molecule has 0 aliphatic rings. The van der Waals surface area contributed by atoms with Crippen molar-refractivity contribution in [3.63, 3.8) is 0 Å². The molecule has 0 saturated carbocycles. The van der Waals surface area contributed by atoms with Crippen LogP contribution in [-0.2, 0) is 28.1 Å². The number of amides is 2. The molecule has 0 radical (unpaired) electrons. The number of para-hydroxylation sites is 1. The van der Waals surface area contributed by atoms with Crippen LogP contribution in [0.2, 0.25) is 0 Å². The van der Waals surface area contributed by atoms with Crippen LogP contribution in [0, 0.1) is 5.82 Å². The van der Waals surface area contributed by atoms with Crippen molar-refractivity contribution in [3.05, 3.63) is 124 Å². The predicted octanol–water partition coefficient (Wildman–Crippen LogP) is 5.69. The average Bonchev–Trinajstić information content (AvgIpc) is 3.37. The third-order valence-corrected chi connectivity index (χ3v) is 6.62. The van der Waals surface area contributed by atoms with Gasteiger partial charge in [0.2, 0.25) is 5.91 Å². The van der Waals surface area contributed by atoms with Gasteiger partial charge in [0.25, 0.3) is 5.91 Å². The van der Waals surface area contributed by atoms with E-state index in [9.17, 15) is 14.0 Å². The molecule has 0 aliphatic heterocycles. The third kappa shape index (κ3) is 5.07. The van der Waals surface area contributed by atoms with Crippen molar-refractivity contribution < 1.29 is 14.0 Å². The minimum atomic E-state index is -1.49. The van der Waals surface area contributed by atoms with Gasteiger partial charge in [-0.2, -0.15) is 0 Å². The van der Waals surface area contributed by atoms with Gasteiger partial charge in [0.1, 0.15) is 11.4 Å². The first-order valence-corrected chi connectivity index (χ1v) is 11.8. The van der Waals surface area contributed by atoms with Gasteiger partial charge in [0.05, 0.1) is 6.42 Å². The zero-order valence-corrected chi connectivity index (χ0v) is 19.6. The van der Waals surface area contributed by atoms with Crippen LogP contribution < -0.4 is 10.2 Å². The zero-order valence-electron chi connectivity index (χ0n) is 18.8. The van der Waals surface area contributed by atoms with Crippen LogP contribution in [0.5, 0.6) is 0 Å². The van der Waals surface area contributed by atoms with Crippen molar-refractivity contribution in [2.45, 2.75) is 25.4 Å². The quantitative estimate of drug-likeness (QED) is 0.358. The van der Waals surface area contributed by atoms with E-state index < -0.39 is 17.3 Å². The van der Waals surface area contributed by atoms with Crippen molar-refractivity contribution >= 4 is 28.8 Å². The number of thiophene rings is 1. The van der Waals surface area contributed by atoms with E-state index >= 15 is 0 Å². The standard InChI is InChI=1S/C28H25FN2O2S/c1-28(22-12-8-13-23(29)18-22,27(33)30-20-21-10-4-2-5-11-21)31(24-14-6-3-7-15-24)26(32)19-25-16-9-17-34-25/h2-18H,19-20H2,1H3,(H,30,33). The number of halogens is 1. The minimum absolute atomic E-state index is 0.128. The first-order chi connectivity index (χ1) is 16.5. The molecule has 1 atom stereocenters. The maximum atomic E-state index is 14.4. The zero-order chi connectivity index (χ0) is 24.0. The molecule has 4 aromatic rings. The van der Waals surface area contributed by atoms with Crippen molar-refractivity contribution in [3.8, 4) is 0 Å². The lowest BCUT2D eigenvalue weighted by atomic mass is 9.87. The van der Waals surface area contributed by atoms with Gasteiger partial charge in [0, 0.05) is 17.1 Å². The van der Waals surface area contributed by atoms with E-state index in [1.165, 1.54) is 28.4 Å². The molecule has 172 valence electrons. The Labute approximate surface area is 202 Å². The molecule has 0 saturated heterocycles. The molecule has 2 amide bonds. The van der Waals surface area contributed by atoms with E-state index in [4.69, 9.17) is 0 Å². The van der Waals surface area contributed by atoms with E-state index in [-0.39, 0.29) is 18.9 Å². The molecule has 1 unspecified atom stereocenters. The smallest absolute Gasteiger partial charge is 0.250 e. The normalized spacial score (nSPS) is 12.5. The maximum absolute atomic E-state index is 14.4. The lowest BCUT2D eigenvalue weighted by Gasteiger charge is -2.40. The highest BCUT2D eigenvalue weighted by Gasteiger charge is 2.45. The van der Waals surface area contributed by atoms with Crippen molar-refractivity contribution in [1.82, 2.24) is 5.32 Å². The first-order valence-electron chi connectivity index (χ1n) is 11.0. The topological polar surface area (TPSA) is 49.4 Å². The van der Waals surface area contributed by atoms with Gasteiger partial charge < -0.3 is 5.32 Å². The lowest BCUT2D eigenvalue weighted by Crippen LogP contribution is -2.57. The summed E-state index contributed by atoms with van der Waals surface area (Å²) in [4.78, 5) is 30.0. The second-order valence-corrected chi connectivity index (χ2v) is 9.10. The average molecular weight is 473 g/mol. The summed E-state index contributed by atoms with van der Waals surface area (Å²) in [6.07, 6.45) is 0.128. The Morgan fingerprint density at radius 2 is 1.62 bits per heavy atom.